The Morgan fingerprint density at radius 1 is 0.964 bits per heavy atom. The minimum absolute atomic E-state index is 0.223. The van der Waals surface area contributed by atoms with Gasteiger partial charge in [0, 0.05) is 11.3 Å². The third-order valence-electron chi connectivity index (χ3n) is 4.53. The van der Waals surface area contributed by atoms with E-state index in [1.807, 2.05) is 31.2 Å². The van der Waals surface area contributed by atoms with E-state index in [1.165, 1.54) is 0 Å². The summed E-state index contributed by atoms with van der Waals surface area (Å²) in [7, 11) is -3.60. The van der Waals surface area contributed by atoms with Crippen LogP contribution in [0.3, 0.4) is 0 Å². The number of rotatable bonds is 3. The predicted octanol–water partition coefficient (Wildman–Crippen LogP) is 3.65. The average Bonchev–Trinajstić information content (AvgIpc) is 2.67. The highest BCUT2D eigenvalue weighted by molar-refractivity contribution is 7.89. The second kappa shape index (κ2) is 7.10. The first-order valence-corrected chi connectivity index (χ1v) is 10.3. The molecule has 142 valence electrons. The van der Waals surface area contributed by atoms with Gasteiger partial charge >= 0.3 is 0 Å². The Morgan fingerprint density at radius 2 is 1.71 bits per heavy atom. The number of aryl methyl sites for hydroxylation is 1. The van der Waals surface area contributed by atoms with Gasteiger partial charge in [-0.25, -0.2) is 8.42 Å². The van der Waals surface area contributed by atoms with E-state index < -0.39 is 16.2 Å². The van der Waals surface area contributed by atoms with Crippen molar-refractivity contribution in [1.82, 2.24) is 4.72 Å². The van der Waals surface area contributed by atoms with Crippen molar-refractivity contribution in [2.75, 3.05) is 10.6 Å². The Kier molecular flexibility index (Phi) is 4.62. The lowest BCUT2D eigenvalue weighted by Gasteiger charge is -2.28. The lowest BCUT2D eigenvalue weighted by Crippen LogP contribution is -2.38. The molecule has 6 nitrogen and oxygen atoms in total. The van der Waals surface area contributed by atoms with Gasteiger partial charge in [0.15, 0.2) is 0 Å². The van der Waals surface area contributed by atoms with E-state index in [0.717, 1.165) is 11.3 Å². The first-order chi connectivity index (χ1) is 13.4. The number of para-hydroxylation sites is 1. The highest BCUT2D eigenvalue weighted by atomic mass is 32.2. The Bertz CT molecular complexity index is 1140. The Labute approximate surface area is 163 Å². The van der Waals surface area contributed by atoms with Gasteiger partial charge in [-0.05, 0) is 54.4 Å². The van der Waals surface area contributed by atoms with E-state index in [2.05, 4.69) is 15.4 Å². The molecule has 28 heavy (non-hydrogen) atoms. The molecule has 0 spiro atoms. The molecule has 0 radical (unpaired) electrons. The fourth-order valence-electron chi connectivity index (χ4n) is 3.13. The number of carbonyl (C=O) groups excluding carboxylic acids is 1. The van der Waals surface area contributed by atoms with Crippen LogP contribution in [0.2, 0.25) is 0 Å². The van der Waals surface area contributed by atoms with Crippen LogP contribution in [0.5, 0.6) is 0 Å². The van der Waals surface area contributed by atoms with Crippen LogP contribution >= 0.6 is 0 Å². The highest BCUT2D eigenvalue weighted by Crippen LogP contribution is 2.30. The van der Waals surface area contributed by atoms with Crippen LogP contribution < -0.4 is 15.4 Å². The van der Waals surface area contributed by atoms with Crippen LogP contribution in [0.1, 0.15) is 27.7 Å². The molecule has 0 bridgehead atoms. The van der Waals surface area contributed by atoms with Gasteiger partial charge in [-0.1, -0.05) is 36.4 Å². The third kappa shape index (κ3) is 3.62. The third-order valence-corrected chi connectivity index (χ3v) is 6.01. The lowest BCUT2D eigenvalue weighted by molar-refractivity contribution is 0.102. The molecule has 0 aromatic heterocycles. The number of sulfonamides is 1. The number of fused-ring (bicyclic) bond motifs is 1. The van der Waals surface area contributed by atoms with Crippen LogP contribution in [0, 0.1) is 6.92 Å². The van der Waals surface area contributed by atoms with Crippen molar-refractivity contribution in [1.29, 1.82) is 0 Å². The predicted molar refractivity (Wildman–Crippen MR) is 109 cm³/mol. The summed E-state index contributed by atoms with van der Waals surface area (Å²) in [4.78, 5) is 12.7. The second-order valence-corrected chi connectivity index (χ2v) is 8.32. The number of anilines is 2. The van der Waals surface area contributed by atoms with Crippen molar-refractivity contribution in [3.8, 4) is 0 Å². The highest BCUT2D eigenvalue weighted by Gasteiger charge is 2.29. The van der Waals surface area contributed by atoms with E-state index in [-0.39, 0.29) is 10.8 Å². The summed E-state index contributed by atoms with van der Waals surface area (Å²) in [5.74, 6) is -0.223. The van der Waals surface area contributed by atoms with Crippen molar-refractivity contribution in [2.24, 2.45) is 0 Å². The standard InChI is InChI=1S/C21H19N3O3S/c1-14-5-4-6-17(13-14)22-21(25)16-11-9-15(10-12-16)20-23-18-7-2-3-8-19(18)28(26,27)24-20/h2-13,20,23-24H,1H3,(H,22,25). The van der Waals surface area contributed by atoms with Crippen LogP contribution in [0.15, 0.2) is 77.7 Å². The topological polar surface area (TPSA) is 87.3 Å². The Hall–Kier alpha value is -3.16. The zero-order valence-corrected chi connectivity index (χ0v) is 16.0. The van der Waals surface area contributed by atoms with Gasteiger partial charge in [0.05, 0.1) is 5.69 Å². The van der Waals surface area contributed by atoms with Gasteiger partial charge in [-0.3, -0.25) is 4.79 Å². The van der Waals surface area contributed by atoms with Crippen molar-refractivity contribution >= 4 is 27.3 Å². The van der Waals surface area contributed by atoms with Gasteiger partial charge in [0.2, 0.25) is 10.0 Å². The maximum atomic E-state index is 12.4. The first kappa shape index (κ1) is 18.2. The largest absolute Gasteiger partial charge is 0.364 e. The molecule has 4 rings (SSSR count). The monoisotopic (exact) mass is 393 g/mol. The van der Waals surface area contributed by atoms with Crippen LogP contribution in [-0.4, -0.2) is 14.3 Å². The molecule has 3 aromatic rings. The van der Waals surface area contributed by atoms with Crippen molar-refractivity contribution < 1.29 is 13.2 Å². The SMILES string of the molecule is Cc1cccc(NC(=O)c2ccc(C3Nc4ccccc4S(=O)(=O)N3)cc2)c1. The zero-order valence-electron chi connectivity index (χ0n) is 15.1. The number of benzene rings is 3. The van der Waals surface area contributed by atoms with Crippen molar-refractivity contribution in [3.63, 3.8) is 0 Å². The van der Waals surface area contributed by atoms with Crippen LogP contribution in [0.25, 0.3) is 0 Å². The molecule has 1 aliphatic heterocycles. The first-order valence-electron chi connectivity index (χ1n) is 8.78. The quantitative estimate of drug-likeness (QED) is 0.634. The molecule has 3 aromatic carbocycles. The number of hydrogen-bond acceptors (Lipinski definition) is 4. The van der Waals surface area contributed by atoms with E-state index in [9.17, 15) is 13.2 Å². The maximum absolute atomic E-state index is 12.4. The second-order valence-electron chi connectivity index (χ2n) is 6.64. The molecule has 0 saturated carbocycles. The van der Waals surface area contributed by atoms with E-state index in [1.54, 1.807) is 48.5 Å². The number of amides is 1. The molecule has 1 aliphatic rings. The summed E-state index contributed by atoms with van der Waals surface area (Å²) in [6.07, 6.45) is -0.603. The van der Waals surface area contributed by atoms with E-state index >= 15 is 0 Å². The number of carbonyl (C=O) groups is 1. The summed E-state index contributed by atoms with van der Waals surface area (Å²) >= 11 is 0. The van der Waals surface area contributed by atoms with Gasteiger partial charge in [-0.2, -0.15) is 4.72 Å². The molecule has 0 saturated heterocycles. The molecule has 3 N–H and O–H groups in total. The smallest absolute Gasteiger partial charge is 0.255 e. The summed E-state index contributed by atoms with van der Waals surface area (Å²) in [6, 6.07) is 21.1. The average molecular weight is 393 g/mol. The van der Waals surface area contributed by atoms with Gasteiger partial charge in [-0.15, -0.1) is 0 Å². The number of nitrogens with one attached hydrogen (secondary N) is 3. The minimum atomic E-state index is -3.60. The molecule has 0 aliphatic carbocycles. The molecule has 0 fully saturated rings. The maximum Gasteiger partial charge on any atom is 0.255 e. The normalized spacial score (nSPS) is 17.2. The molecule has 1 heterocycles. The van der Waals surface area contributed by atoms with Crippen molar-refractivity contribution in [3.05, 3.63) is 89.5 Å². The molecule has 1 amide bonds. The summed E-state index contributed by atoms with van der Waals surface area (Å²) in [6.45, 7) is 1.96. The summed E-state index contributed by atoms with van der Waals surface area (Å²) in [5, 5.41) is 6.03. The van der Waals surface area contributed by atoms with E-state index in [0.29, 0.717) is 16.8 Å². The van der Waals surface area contributed by atoms with Gasteiger partial charge in [0.1, 0.15) is 11.1 Å². The van der Waals surface area contributed by atoms with Crippen LogP contribution in [-0.2, 0) is 10.0 Å². The summed E-state index contributed by atoms with van der Waals surface area (Å²) < 4.78 is 27.5. The lowest BCUT2D eigenvalue weighted by atomic mass is 10.1. The molecule has 1 atom stereocenters. The zero-order chi connectivity index (χ0) is 19.7. The van der Waals surface area contributed by atoms with E-state index in [4.69, 9.17) is 0 Å². The van der Waals surface area contributed by atoms with Gasteiger partial charge in [0.25, 0.3) is 5.91 Å². The Morgan fingerprint density at radius 3 is 2.46 bits per heavy atom. The fourth-order valence-corrected chi connectivity index (χ4v) is 4.43. The Balaban J connectivity index is 1.53. The molecular weight excluding hydrogens is 374 g/mol. The van der Waals surface area contributed by atoms with Crippen molar-refractivity contribution in [2.45, 2.75) is 18.0 Å². The van der Waals surface area contributed by atoms with Gasteiger partial charge < -0.3 is 10.6 Å². The number of hydrogen-bond donors (Lipinski definition) is 3. The fraction of sp³-hybridized carbons (Fsp3) is 0.0952. The summed E-state index contributed by atoms with van der Waals surface area (Å²) in [5.41, 5.74) is 3.54. The minimum Gasteiger partial charge on any atom is -0.364 e. The molecule has 1 unspecified atom stereocenters. The van der Waals surface area contributed by atoms with Crippen LogP contribution in [0.4, 0.5) is 11.4 Å². The molecular formula is C21H19N3O3S. The molecule has 7 heteroatoms.